The lowest BCUT2D eigenvalue weighted by Gasteiger charge is -2.51. The largest absolute Gasteiger partial charge is 0.332 e. The summed E-state index contributed by atoms with van der Waals surface area (Å²) in [6.07, 6.45) is 6.24. The Hall–Kier alpha value is -2.66. The quantitative estimate of drug-likeness (QED) is 0.694. The topological polar surface area (TPSA) is 40.9 Å². The molecule has 142 valence electrons. The van der Waals surface area contributed by atoms with Gasteiger partial charge in [0, 0.05) is 30.9 Å². The smallest absolute Gasteiger partial charge is 0.274 e. The third kappa shape index (κ3) is 2.35. The van der Waals surface area contributed by atoms with Gasteiger partial charge in [0.15, 0.2) is 0 Å². The van der Waals surface area contributed by atoms with Crippen molar-refractivity contribution in [3.63, 3.8) is 0 Å². The number of amides is 1. The van der Waals surface area contributed by atoms with Crippen LogP contribution in [0, 0.1) is 5.92 Å². The normalized spacial score (nSPS) is 31.3. The van der Waals surface area contributed by atoms with Gasteiger partial charge in [-0.3, -0.25) is 9.69 Å². The summed E-state index contributed by atoms with van der Waals surface area (Å²) in [6.45, 7) is 3.14. The van der Waals surface area contributed by atoms with Crippen LogP contribution in [0.15, 0.2) is 60.9 Å². The van der Waals surface area contributed by atoms with Crippen LogP contribution in [0.25, 0.3) is 5.65 Å². The van der Waals surface area contributed by atoms with E-state index >= 15 is 0 Å². The first-order valence-corrected chi connectivity index (χ1v) is 10.3. The second kappa shape index (κ2) is 6.17. The maximum Gasteiger partial charge on any atom is 0.274 e. The number of fused-ring (bicyclic) bond motifs is 3. The van der Waals surface area contributed by atoms with Crippen LogP contribution in [-0.4, -0.2) is 56.8 Å². The van der Waals surface area contributed by atoms with E-state index in [9.17, 15) is 4.79 Å². The lowest BCUT2D eigenvalue weighted by molar-refractivity contribution is -0.00356. The highest BCUT2D eigenvalue weighted by Gasteiger charge is 2.54. The minimum Gasteiger partial charge on any atom is -0.332 e. The molecule has 4 aliphatic heterocycles. The van der Waals surface area contributed by atoms with E-state index < -0.39 is 0 Å². The molecule has 5 nitrogen and oxygen atoms in total. The van der Waals surface area contributed by atoms with Gasteiger partial charge in [0.1, 0.15) is 11.3 Å². The van der Waals surface area contributed by atoms with Gasteiger partial charge in [-0.1, -0.05) is 36.4 Å². The second-order valence-electron chi connectivity index (χ2n) is 8.42. The summed E-state index contributed by atoms with van der Waals surface area (Å²) in [4.78, 5) is 23.0. The number of carbonyl (C=O) groups is 1. The molecular formula is C23H24N4O. The number of rotatable bonds is 2. The SMILES string of the molecule is O=C(c1cn2ccccc2n1)N1C[C@@H](c2ccccc2)[C@@H]2[C@H]1C1CCN2CC1. The summed E-state index contributed by atoms with van der Waals surface area (Å²) in [5.41, 5.74) is 2.75. The Bertz CT molecular complexity index is 988. The predicted octanol–water partition coefficient (Wildman–Crippen LogP) is 3.04. The van der Waals surface area contributed by atoms with Crippen LogP contribution in [0.2, 0.25) is 0 Å². The summed E-state index contributed by atoms with van der Waals surface area (Å²) in [6, 6.07) is 17.4. The summed E-state index contributed by atoms with van der Waals surface area (Å²) in [7, 11) is 0. The number of likely N-dealkylation sites (tertiary alicyclic amines) is 1. The number of pyridine rings is 1. The van der Waals surface area contributed by atoms with Crippen molar-refractivity contribution < 1.29 is 4.79 Å². The molecule has 1 amide bonds. The van der Waals surface area contributed by atoms with Crippen molar-refractivity contribution in [2.24, 2.45) is 5.92 Å². The average molecular weight is 372 g/mol. The maximum atomic E-state index is 13.6. The second-order valence-corrected chi connectivity index (χ2v) is 8.42. The molecular weight excluding hydrogens is 348 g/mol. The molecule has 2 bridgehead atoms. The summed E-state index contributed by atoms with van der Waals surface area (Å²) >= 11 is 0. The fraction of sp³-hybridized carbons (Fsp3) is 0.391. The van der Waals surface area contributed by atoms with Gasteiger partial charge < -0.3 is 9.30 Å². The van der Waals surface area contributed by atoms with Crippen molar-refractivity contribution in [2.45, 2.75) is 30.8 Å². The van der Waals surface area contributed by atoms with E-state index in [0.29, 0.717) is 29.6 Å². The van der Waals surface area contributed by atoms with Gasteiger partial charge in [-0.25, -0.2) is 4.98 Å². The Morgan fingerprint density at radius 3 is 2.54 bits per heavy atom. The third-order valence-electron chi connectivity index (χ3n) is 7.07. The lowest BCUT2D eigenvalue weighted by Crippen LogP contribution is -2.60. The molecule has 0 radical (unpaired) electrons. The average Bonchev–Trinajstić information content (AvgIpc) is 3.38. The first kappa shape index (κ1) is 16.3. The van der Waals surface area contributed by atoms with Gasteiger partial charge >= 0.3 is 0 Å². The van der Waals surface area contributed by atoms with Crippen LogP contribution in [0.3, 0.4) is 0 Å². The van der Waals surface area contributed by atoms with Crippen molar-refractivity contribution >= 4 is 11.6 Å². The molecule has 1 aromatic carbocycles. The minimum absolute atomic E-state index is 0.0888. The van der Waals surface area contributed by atoms with Gasteiger partial charge in [0.25, 0.3) is 5.91 Å². The van der Waals surface area contributed by atoms with Gasteiger partial charge in [-0.2, -0.15) is 0 Å². The Kier molecular flexibility index (Phi) is 3.60. The van der Waals surface area contributed by atoms with Gasteiger partial charge in [0.05, 0.1) is 6.04 Å². The van der Waals surface area contributed by atoms with Crippen molar-refractivity contribution in [1.29, 1.82) is 0 Å². The molecule has 0 saturated carbocycles. The van der Waals surface area contributed by atoms with Crippen molar-refractivity contribution in [1.82, 2.24) is 19.2 Å². The number of aromatic nitrogens is 2. The molecule has 3 atom stereocenters. The third-order valence-corrected chi connectivity index (χ3v) is 7.07. The molecule has 28 heavy (non-hydrogen) atoms. The van der Waals surface area contributed by atoms with Crippen LogP contribution >= 0.6 is 0 Å². The number of imidazole rings is 1. The summed E-state index contributed by atoms with van der Waals surface area (Å²) in [5.74, 6) is 1.09. The molecule has 0 N–H and O–H groups in total. The van der Waals surface area contributed by atoms with E-state index in [2.05, 4.69) is 45.1 Å². The van der Waals surface area contributed by atoms with Crippen molar-refractivity contribution in [3.8, 4) is 0 Å². The van der Waals surface area contributed by atoms with E-state index in [1.165, 1.54) is 31.5 Å². The first-order valence-electron chi connectivity index (χ1n) is 10.3. The van der Waals surface area contributed by atoms with Crippen LogP contribution in [0.4, 0.5) is 0 Å². The lowest BCUT2D eigenvalue weighted by atomic mass is 9.75. The molecule has 3 aromatic rings. The zero-order chi connectivity index (χ0) is 18.7. The van der Waals surface area contributed by atoms with E-state index in [1.54, 1.807) is 0 Å². The summed E-state index contributed by atoms with van der Waals surface area (Å²) in [5, 5.41) is 0. The van der Waals surface area contributed by atoms with Crippen LogP contribution in [-0.2, 0) is 0 Å². The molecule has 4 fully saturated rings. The number of hydrogen-bond acceptors (Lipinski definition) is 3. The van der Waals surface area contributed by atoms with Crippen molar-refractivity contribution in [2.75, 3.05) is 19.6 Å². The maximum absolute atomic E-state index is 13.6. The first-order chi connectivity index (χ1) is 13.8. The molecule has 0 unspecified atom stereocenters. The Labute approximate surface area is 164 Å². The zero-order valence-electron chi connectivity index (χ0n) is 15.8. The molecule has 6 heterocycles. The fourth-order valence-electron chi connectivity index (χ4n) is 5.83. The zero-order valence-corrected chi connectivity index (χ0v) is 15.8. The van der Waals surface area contributed by atoms with Crippen LogP contribution in [0.5, 0.6) is 0 Å². The Balaban J connectivity index is 1.39. The Morgan fingerprint density at radius 1 is 0.964 bits per heavy atom. The van der Waals surface area contributed by atoms with E-state index in [4.69, 9.17) is 0 Å². The number of carbonyl (C=O) groups excluding carboxylic acids is 1. The number of piperidine rings is 3. The number of nitrogens with zero attached hydrogens (tertiary/aromatic N) is 4. The van der Waals surface area contributed by atoms with Gasteiger partial charge in [-0.05, 0) is 49.5 Å². The van der Waals surface area contributed by atoms with Crippen LogP contribution < -0.4 is 0 Å². The number of hydrogen-bond donors (Lipinski definition) is 0. The van der Waals surface area contributed by atoms with E-state index in [-0.39, 0.29) is 5.91 Å². The highest BCUT2D eigenvalue weighted by molar-refractivity contribution is 5.93. The highest BCUT2D eigenvalue weighted by atomic mass is 16.2. The Morgan fingerprint density at radius 2 is 1.75 bits per heavy atom. The molecule has 4 saturated heterocycles. The van der Waals surface area contributed by atoms with Gasteiger partial charge in [-0.15, -0.1) is 0 Å². The highest BCUT2D eigenvalue weighted by Crippen LogP contribution is 2.46. The monoisotopic (exact) mass is 372 g/mol. The summed E-state index contributed by atoms with van der Waals surface area (Å²) < 4.78 is 1.94. The van der Waals surface area contributed by atoms with Crippen LogP contribution in [0.1, 0.15) is 34.8 Å². The fourth-order valence-corrected chi connectivity index (χ4v) is 5.83. The predicted molar refractivity (Wildman–Crippen MR) is 107 cm³/mol. The molecule has 0 aliphatic carbocycles. The standard InChI is InChI=1S/C23H24N4O/c28-23(19-15-26-11-5-4-8-20(26)24-19)27-14-18(16-6-2-1-3-7-16)22-21(27)17-9-12-25(22)13-10-17/h1-8,11,15,17-18,21-22H,9-10,12-14H2/t18-,21+,22+/m0/s1. The molecule has 7 rings (SSSR count). The van der Waals surface area contributed by atoms with E-state index in [0.717, 1.165) is 12.2 Å². The molecule has 0 spiro atoms. The number of benzene rings is 1. The van der Waals surface area contributed by atoms with E-state index in [1.807, 2.05) is 35.0 Å². The van der Waals surface area contributed by atoms with Gasteiger partial charge in [0.2, 0.25) is 0 Å². The molecule has 2 aromatic heterocycles. The van der Waals surface area contributed by atoms with Crippen molar-refractivity contribution in [3.05, 3.63) is 72.2 Å². The minimum atomic E-state index is 0.0888. The molecule has 5 heteroatoms. The molecule has 4 aliphatic rings.